The highest BCUT2D eigenvalue weighted by Crippen LogP contribution is 2.19. The van der Waals surface area contributed by atoms with Crippen molar-refractivity contribution in [3.8, 4) is 0 Å². The predicted octanol–water partition coefficient (Wildman–Crippen LogP) is 1.43. The number of hydrogen-bond acceptors (Lipinski definition) is 3. The fraction of sp³-hybridized carbons (Fsp3) is 0.857. The molecule has 0 saturated carbocycles. The molecular weight excluding hydrogens is 244 g/mol. The van der Waals surface area contributed by atoms with Crippen molar-refractivity contribution in [1.82, 2.24) is 9.80 Å². The number of carboxylic acid groups (broad SMARTS) is 1. The Labute approximate surface area is 115 Å². The number of carbonyl (C=O) groups excluding carboxylic acids is 1. The summed E-state index contributed by atoms with van der Waals surface area (Å²) in [5, 5.41) is 8.78. The lowest BCUT2D eigenvalue weighted by molar-refractivity contribution is -0.138. The van der Waals surface area contributed by atoms with E-state index in [0.29, 0.717) is 6.54 Å². The van der Waals surface area contributed by atoms with Crippen LogP contribution in [-0.2, 0) is 9.59 Å². The van der Waals surface area contributed by atoms with Crippen molar-refractivity contribution in [2.75, 3.05) is 19.6 Å². The Morgan fingerprint density at radius 1 is 1.26 bits per heavy atom. The smallest absolute Gasteiger partial charge is 0.303 e. The lowest BCUT2D eigenvalue weighted by Gasteiger charge is -2.32. The SMILES string of the molecule is CC(C)N(C(=O)CN1CCC(CC(=O)O)C1)C(C)C. The van der Waals surface area contributed by atoms with Gasteiger partial charge in [-0.3, -0.25) is 14.5 Å². The van der Waals surface area contributed by atoms with Gasteiger partial charge in [-0.2, -0.15) is 0 Å². The molecule has 1 unspecified atom stereocenters. The molecule has 110 valence electrons. The molecular formula is C14H26N2O3. The number of nitrogens with zero attached hydrogens (tertiary/aromatic N) is 2. The number of rotatable bonds is 6. The summed E-state index contributed by atoms with van der Waals surface area (Å²) in [5.41, 5.74) is 0. The minimum atomic E-state index is -0.746. The summed E-state index contributed by atoms with van der Waals surface area (Å²) in [7, 11) is 0. The molecule has 0 aliphatic carbocycles. The van der Waals surface area contributed by atoms with Crippen LogP contribution in [0.2, 0.25) is 0 Å². The predicted molar refractivity (Wildman–Crippen MR) is 73.9 cm³/mol. The van der Waals surface area contributed by atoms with E-state index in [1.165, 1.54) is 0 Å². The van der Waals surface area contributed by atoms with Crippen LogP contribution < -0.4 is 0 Å². The minimum Gasteiger partial charge on any atom is -0.481 e. The Bertz CT molecular complexity index is 321. The van der Waals surface area contributed by atoms with Crippen molar-refractivity contribution < 1.29 is 14.7 Å². The van der Waals surface area contributed by atoms with E-state index in [1.807, 2.05) is 32.6 Å². The van der Waals surface area contributed by atoms with E-state index >= 15 is 0 Å². The largest absolute Gasteiger partial charge is 0.481 e. The average molecular weight is 270 g/mol. The quantitative estimate of drug-likeness (QED) is 0.793. The summed E-state index contributed by atoms with van der Waals surface area (Å²) in [4.78, 5) is 26.9. The first kappa shape index (κ1) is 16.0. The third kappa shape index (κ3) is 4.82. The molecule has 19 heavy (non-hydrogen) atoms. The van der Waals surface area contributed by atoms with Crippen molar-refractivity contribution in [2.45, 2.75) is 52.6 Å². The van der Waals surface area contributed by atoms with Crippen molar-refractivity contribution in [2.24, 2.45) is 5.92 Å². The first-order chi connectivity index (χ1) is 8.81. The summed E-state index contributed by atoms with van der Waals surface area (Å²) in [6.45, 7) is 10.1. The Morgan fingerprint density at radius 3 is 2.32 bits per heavy atom. The van der Waals surface area contributed by atoms with Crippen molar-refractivity contribution in [3.05, 3.63) is 0 Å². The highest BCUT2D eigenvalue weighted by Gasteiger charge is 2.28. The molecule has 0 aromatic heterocycles. The molecule has 1 rings (SSSR count). The van der Waals surface area contributed by atoms with Gasteiger partial charge < -0.3 is 10.0 Å². The summed E-state index contributed by atoms with van der Waals surface area (Å²) >= 11 is 0. The molecule has 1 heterocycles. The van der Waals surface area contributed by atoms with Gasteiger partial charge in [0.2, 0.25) is 5.91 Å². The lowest BCUT2D eigenvalue weighted by atomic mass is 10.1. The van der Waals surface area contributed by atoms with Gasteiger partial charge in [-0.15, -0.1) is 0 Å². The lowest BCUT2D eigenvalue weighted by Crippen LogP contribution is -2.46. The van der Waals surface area contributed by atoms with Gasteiger partial charge in [0.15, 0.2) is 0 Å². The molecule has 0 radical (unpaired) electrons. The second-order valence-corrected chi connectivity index (χ2v) is 5.98. The van der Waals surface area contributed by atoms with E-state index in [9.17, 15) is 9.59 Å². The molecule has 5 heteroatoms. The van der Waals surface area contributed by atoms with Gasteiger partial charge in [-0.05, 0) is 46.6 Å². The minimum absolute atomic E-state index is 0.140. The van der Waals surface area contributed by atoms with Crippen LogP contribution in [0, 0.1) is 5.92 Å². The van der Waals surface area contributed by atoms with Gasteiger partial charge in [0.25, 0.3) is 0 Å². The van der Waals surface area contributed by atoms with E-state index in [4.69, 9.17) is 5.11 Å². The molecule has 0 bridgehead atoms. The van der Waals surface area contributed by atoms with Crippen LogP contribution in [0.5, 0.6) is 0 Å². The van der Waals surface area contributed by atoms with Crippen LogP contribution in [0.1, 0.15) is 40.5 Å². The van der Waals surface area contributed by atoms with Gasteiger partial charge in [0.1, 0.15) is 0 Å². The van der Waals surface area contributed by atoms with E-state index in [-0.39, 0.29) is 30.3 Å². The van der Waals surface area contributed by atoms with Crippen molar-refractivity contribution in [3.63, 3.8) is 0 Å². The molecule has 0 aromatic rings. The van der Waals surface area contributed by atoms with Crippen molar-refractivity contribution >= 4 is 11.9 Å². The maximum atomic E-state index is 12.3. The highest BCUT2D eigenvalue weighted by atomic mass is 16.4. The Hall–Kier alpha value is -1.10. The number of amides is 1. The van der Waals surface area contributed by atoms with Crippen LogP contribution >= 0.6 is 0 Å². The zero-order chi connectivity index (χ0) is 14.6. The maximum absolute atomic E-state index is 12.3. The molecule has 1 atom stereocenters. The summed E-state index contributed by atoms with van der Waals surface area (Å²) in [6.07, 6.45) is 1.09. The van der Waals surface area contributed by atoms with Gasteiger partial charge >= 0.3 is 5.97 Å². The summed E-state index contributed by atoms with van der Waals surface area (Å²) < 4.78 is 0. The van der Waals surface area contributed by atoms with Gasteiger partial charge in [-0.1, -0.05) is 0 Å². The van der Waals surface area contributed by atoms with E-state index in [0.717, 1.165) is 19.5 Å². The van der Waals surface area contributed by atoms with Crippen LogP contribution in [-0.4, -0.2) is 58.5 Å². The summed E-state index contributed by atoms with van der Waals surface area (Å²) in [5.74, 6) is -0.415. The van der Waals surface area contributed by atoms with Gasteiger partial charge in [0.05, 0.1) is 6.54 Å². The number of hydrogen-bond donors (Lipinski definition) is 1. The topological polar surface area (TPSA) is 60.9 Å². The Morgan fingerprint density at radius 2 is 1.84 bits per heavy atom. The zero-order valence-electron chi connectivity index (χ0n) is 12.4. The second kappa shape index (κ2) is 6.89. The number of carboxylic acids is 1. The van der Waals surface area contributed by atoms with Crippen LogP contribution in [0.4, 0.5) is 0 Å². The first-order valence-electron chi connectivity index (χ1n) is 7.06. The van der Waals surface area contributed by atoms with Crippen molar-refractivity contribution in [1.29, 1.82) is 0 Å². The zero-order valence-corrected chi connectivity index (χ0v) is 12.4. The molecule has 1 aliphatic heterocycles. The Kier molecular flexibility index (Phi) is 5.79. The molecule has 1 amide bonds. The number of aliphatic carboxylic acids is 1. The molecule has 5 nitrogen and oxygen atoms in total. The fourth-order valence-corrected chi connectivity index (χ4v) is 2.92. The van der Waals surface area contributed by atoms with Crippen LogP contribution in [0.15, 0.2) is 0 Å². The molecule has 0 spiro atoms. The van der Waals surface area contributed by atoms with E-state index in [1.54, 1.807) is 0 Å². The van der Waals surface area contributed by atoms with E-state index < -0.39 is 5.97 Å². The molecule has 0 aromatic carbocycles. The fourth-order valence-electron chi connectivity index (χ4n) is 2.92. The average Bonchev–Trinajstić information content (AvgIpc) is 2.62. The molecule has 1 fully saturated rings. The normalized spacial score (nSPS) is 20.2. The first-order valence-corrected chi connectivity index (χ1v) is 7.06. The summed E-state index contributed by atoms with van der Waals surface area (Å²) in [6, 6.07) is 0.398. The molecule has 1 N–H and O–H groups in total. The third-order valence-electron chi connectivity index (χ3n) is 3.59. The van der Waals surface area contributed by atoms with Crippen LogP contribution in [0.3, 0.4) is 0 Å². The second-order valence-electron chi connectivity index (χ2n) is 5.98. The van der Waals surface area contributed by atoms with E-state index in [2.05, 4.69) is 4.90 Å². The highest BCUT2D eigenvalue weighted by molar-refractivity contribution is 5.79. The van der Waals surface area contributed by atoms with Crippen LogP contribution in [0.25, 0.3) is 0 Å². The third-order valence-corrected chi connectivity index (χ3v) is 3.59. The number of likely N-dealkylation sites (tertiary alicyclic amines) is 1. The van der Waals surface area contributed by atoms with Gasteiger partial charge in [-0.25, -0.2) is 0 Å². The molecule has 1 aliphatic rings. The standard InChI is InChI=1S/C14H26N2O3/c1-10(2)16(11(3)4)13(17)9-15-6-5-12(8-15)7-14(18)19/h10-12H,5-9H2,1-4H3,(H,18,19). The monoisotopic (exact) mass is 270 g/mol. The van der Waals surface area contributed by atoms with Gasteiger partial charge in [0, 0.05) is 25.0 Å². The number of carbonyl (C=O) groups is 2. The maximum Gasteiger partial charge on any atom is 0.303 e. The molecule has 1 saturated heterocycles. The Balaban J connectivity index is 2.47.